The fourth-order valence-corrected chi connectivity index (χ4v) is 2.67. The zero-order valence-electron chi connectivity index (χ0n) is 11.8. The summed E-state index contributed by atoms with van der Waals surface area (Å²) in [6.07, 6.45) is -0.374. The molecule has 7 N–H and O–H groups in total. The third kappa shape index (κ3) is 4.69. The fraction of sp³-hybridized carbons (Fsp3) is 0.143. The highest BCUT2D eigenvalue weighted by Gasteiger charge is 2.31. The summed E-state index contributed by atoms with van der Waals surface area (Å²) in [6.45, 7) is 0. The molecule has 0 aliphatic carbocycles. The van der Waals surface area contributed by atoms with Gasteiger partial charge in [-0.3, -0.25) is 5.09 Å². The molecule has 2 aromatic rings. The first kappa shape index (κ1) is 17.3. The summed E-state index contributed by atoms with van der Waals surface area (Å²) >= 11 is 0. The summed E-state index contributed by atoms with van der Waals surface area (Å²) in [6, 6.07) is 9.03. The molecule has 9 heteroatoms. The average Bonchev–Trinajstić information content (AvgIpc) is 2.38. The number of aromatic hydroxyl groups is 2. The molecular formula is C14H16NO7P. The standard InChI is InChI=1S/C14H16NO7P/c16-10-3-1-2-9(6-10)8-14(18,19)12-7-11(17)4-5-13(12)15-23(20,21)22/h1-7,16-19H,8H2,(H3,15,20,21,22). The first-order valence-corrected chi connectivity index (χ1v) is 8.08. The number of hydrogen-bond donors (Lipinski definition) is 7. The van der Waals surface area contributed by atoms with Crippen molar-refractivity contribution in [1.29, 1.82) is 0 Å². The summed E-state index contributed by atoms with van der Waals surface area (Å²) in [7, 11) is -4.68. The highest BCUT2D eigenvalue weighted by molar-refractivity contribution is 7.53. The van der Waals surface area contributed by atoms with Crippen LogP contribution in [0.1, 0.15) is 11.1 Å². The van der Waals surface area contributed by atoms with Gasteiger partial charge in [0.15, 0.2) is 5.79 Å². The normalized spacial score (nSPS) is 12.2. The van der Waals surface area contributed by atoms with Crippen molar-refractivity contribution in [2.45, 2.75) is 12.2 Å². The largest absolute Gasteiger partial charge is 0.508 e. The lowest BCUT2D eigenvalue weighted by Gasteiger charge is -2.25. The van der Waals surface area contributed by atoms with Crippen LogP contribution in [-0.4, -0.2) is 30.2 Å². The van der Waals surface area contributed by atoms with Gasteiger partial charge in [0.1, 0.15) is 11.5 Å². The van der Waals surface area contributed by atoms with Gasteiger partial charge in [0, 0.05) is 12.0 Å². The molecule has 0 aliphatic rings. The molecule has 2 aromatic carbocycles. The minimum atomic E-state index is -4.68. The van der Waals surface area contributed by atoms with Crippen molar-refractivity contribution >= 4 is 13.4 Å². The maximum absolute atomic E-state index is 11.1. The molecule has 0 aliphatic heterocycles. The number of phenolic OH excluding ortho intramolecular Hbond substituents is 2. The van der Waals surface area contributed by atoms with Crippen molar-refractivity contribution < 1.29 is 34.8 Å². The first-order chi connectivity index (χ1) is 10.6. The average molecular weight is 341 g/mol. The molecular weight excluding hydrogens is 325 g/mol. The molecule has 2 rings (SSSR count). The van der Waals surface area contributed by atoms with Gasteiger partial charge >= 0.3 is 7.75 Å². The summed E-state index contributed by atoms with van der Waals surface area (Å²) < 4.78 is 11.1. The van der Waals surface area contributed by atoms with Gasteiger partial charge in [-0.25, -0.2) is 4.57 Å². The van der Waals surface area contributed by atoms with Crippen LogP contribution >= 0.6 is 7.75 Å². The van der Waals surface area contributed by atoms with E-state index in [0.29, 0.717) is 5.56 Å². The molecule has 0 fully saturated rings. The smallest absolute Gasteiger partial charge is 0.427 e. The molecule has 0 heterocycles. The van der Waals surface area contributed by atoms with E-state index >= 15 is 0 Å². The van der Waals surface area contributed by atoms with E-state index in [-0.39, 0.29) is 29.2 Å². The van der Waals surface area contributed by atoms with E-state index in [1.807, 2.05) is 5.09 Å². The zero-order valence-corrected chi connectivity index (χ0v) is 12.7. The fourth-order valence-electron chi connectivity index (χ4n) is 2.16. The Hall–Kier alpha value is -2.09. The van der Waals surface area contributed by atoms with Gasteiger partial charge in [0.05, 0.1) is 5.69 Å². The zero-order chi connectivity index (χ0) is 17.3. The van der Waals surface area contributed by atoms with E-state index in [2.05, 4.69) is 0 Å². The second-order valence-corrected chi connectivity index (χ2v) is 6.36. The van der Waals surface area contributed by atoms with Gasteiger partial charge in [-0.1, -0.05) is 12.1 Å². The van der Waals surface area contributed by atoms with Crippen LogP contribution < -0.4 is 5.09 Å². The van der Waals surface area contributed by atoms with Crippen LogP contribution in [0, 0.1) is 0 Å². The maximum Gasteiger partial charge on any atom is 0.427 e. The summed E-state index contributed by atoms with van der Waals surface area (Å²) in [4.78, 5) is 18.0. The number of aliphatic hydroxyl groups is 2. The highest BCUT2D eigenvalue weighted by atomic mass is 31.2. The first-order valence-electron chi connectivity index (χ1n) is 6.47. The molecule has 0 aromatic heterocycles. The number of phenols is 2. The molecule has 0 saturated carbocycles. The topological polar surface area (TPSA) is 150 Å². The molecule has 0 bridgehead atoms. The van der Waals surface area contributed by atoms with Gasteiger partial charge in [0.2, 0.25) is 0 Å². The SMILES string of the molecule is O=P(O)(O)Nc1ccc(O)cc1C(O)(O)Cc1cccc(O)c1. The number of benzene rings is 2. The second-order valence-electron chi connectivity index (χ2n) is 5.05. The molecule has 0 unspecified atom stereocenters. The van der Waals surface area contributed by atoms with Crippen LogP contribution in [0.5, 0.6) is 11.5 Å². The Morgan fingerprint density at radius 3 is 2.26 bits per heavy atom. The van der Waals surface area contributed by atoms with Crippen LogP contribution in [-0.2, 0) is 16.8 Å². The molecule has 0 amide bonds. The lowest BCUT2D eigenvalue weighted by molar-refractivity contribution is -0.167. The Morgan fingerprint density at radius 2 is 1.65 bits per heavy atom. The van der Waals surface area contributed by atoms with Gasteiger partial charge < -0.3 is 30.2 Å². The van der Waals surface area contributed by atoms with Crippen LogP contribution in [0.3, 0.4) is 0 Å². The molecule has 0 spiro atoms. The van der Waals surface area contributed by atoms with Crippen molar-refractivity contribution in [3.05, 3.63) is 53.6 Å². The lowest BCUT2D eigenvalue weighted by Crippen LogP contribution is -2.29. The Labute approximate surface area is 131 Å². The summed E-state index contributed by atoms with van der Waals surface area (Å²) in [5.41, 5.74) is -0.175. The van der Waals surface area contributed by atoms with Gasteiger partial charge in [-0.05, 0) is 35.9 Å². The predicted octanol–water partition coefficient (Wildman–Crippen LogP) is 0.982. The summed E-state index contributed by atoms with van der Waals surface area (Å²) in [5, 5.41) is 41.4. The van der Waals surface area contributed by atoms with Crippen molar-refractivity contribution in [3.63, 3.8) is 0 Å². The molecule has 23 heavy (non-hydrogen) atoms. The van der Waals surface area contributed by atoms with E-state index in [1.165, 1.54) is 18.2 Å². The molecule has 0 radical (unpaired) electrons. The third-order valence-corrected chi connectivity index (χ3v) is 3.59. The second kappa shape index (κ2) is 6.19. The van der Waals surface area contributed by atoms with E-state index in [9.17, 15) is 25.0 Å². The Balaban J connectivity index is 2.41. The predicted molar refractivity (Wildman–Crippen MR) is 81.7 cm³/mol. The number of nitrogens with one attached hydrogen (secondary N) is 1. The van der Waals surface area contributed by atoms with Crippen molar-refractivity contribution in [2.24, 2.45) is 0 Å². The van der Waals surface area contributed by atoms with Crippen LogP contribution in [0.2, 0.25) is 0 Å². The Morgan fingerprint density at radius 1 is 1.00 bits per heavy atom. The number of hydrogen-bond acceptors (Lipinski definition) is 5. The van der Waals surface area contributed by atoms with Gasteiger partial charge in [0.25, 0.3) is 0 Å². The van der Waals surface area contributed by atoms with E-state index in [4.69, 9.17) is 9.79 Å². The van der Waals surface area contributed by atoms with E-state index < -0.39 is 13.5 Å². The van der Waals surface area contributed by atoms with Crippen LogP contribution in [0.15, 0.2) is 42.5 Å². The summed E-state index contributed by atoms with van der Waals surface area (Å²) in [5.74, 6) is -2.91. The maximum atomic E-state index is 11.1. The number of anilines is 1. The van der Waals surface area contributed by atoms with Crippen LogP contribution in [0.4, 0.5) is 5.69 Å². The molecule has 0 atom stereocenters. The van der Waals surface area contributed by atoms with E-state index in [0.717, 1.165) is 18.2 Å². The van der Waals surface area contributed by atoms with Crippen molar-refractivity contribution in [2.75, 3.05) is 5.09 Å². The van der Waals surface area contributed by atoms with E-state index in [1.54, 1.807) is 6.07 Å². The third-order valence-electron chi connectivity index (χ3n) is 3.06. The molecule has 124 valence electrons. The van der Waals surface area contributed by atoms with Gasteiger partial charge in [-0.2, -0.15) is 0 Å². The molecule has 0 saturated heterocycles. The minimum absolute atomic E-state index is 0.0669. The minimum Gasteiger partial charge on any atom is -0.508 e. The quantitative estimate of drug-likeness (QED) is 0.242. The monoisotopic (exact) mass is 341 g/mol. The van der Waals surface area contributed by atoms with Crippen LogP contribution in [0.25, 0.3) is 0 Å². The van der Waals surface area contributed by atoms with Crippen molar-refractivity contribution in [3.8, 4) is 11.5 Å². The Kier molecular flexibility index (Phi) is 4.65. The lowest BCUT2D eigenvalue weighted by atomic mass is 9.96. The van der Waals surface area contributed by atoms with Gasteiger partial charge in [-0.15, -0.1) is 0 Å². The highest BCUT2D eigenvalue weighted by Crippen LogP contribution is 2.40. The Bertz CT molecular complexity index is 757. The molecule has 8 nitrogen and oxygen atoms in total. The van der Waals surface area contributed by atoms with Crippen molar-refractivity contribution in [1.82, 2.24) is 0 Å². The number of rotatable bonds is 5.